The average molecular weight is 144 g/mol. The van der Waals surface area contributed by atoms with Gasteiger partial charge in [0.1, 0.15) is 5.25 Å². The minimum absolute atomic E-state index is 0.306. The molecule has 0 aromatic carbocycles. The number of aliphatic carboxylic acids is 1. The third-order valence-corrected chi connectivity index (χ3v) is 2.40. The molecule has 2 atom stereocenters. The van der Waals surface area contributed by atoms with Crippen LogP contribution in [0, 0.1) is 0 Å². The van der Waals surface area contributed by atoms with E-state index in [9.17, 15) is 4.79 Å². The molecule has 3 heteroatoms. The first-order chi connectivity index (χ1) is 4.20. The first-order valence-corrected chi connectivity index (χ1v) is 3.71. The van der Waals surface area contributed by atoms with Crippen LogP contribution in [0.25, 0.3) is 0 Å². The lowest BCUT2D eigenvalue weighted by Gasteiger charge is -2.00. The van der Waals surface area contributed by atoms with Crippen LogP contribution in [0.15, 0.2) is 12.2 Å². The molecule has 1 aliphatic rings. The largest absolute Gasteiger partial charge is 0.480 e. The summed E-state index contributed by atoms with van der Waals surface area (Å²) < 4.78 is 0. The van der Waals surface area contributed by atoms with Crippen molar-refractivity contribution in [2.24, 2.45) is 0 Å². The van der Waals surface area contributed by atoms with E-state index in [0.29, 0.717) is 5.25 Å². The van der Waals surface area contributed by atoms with E-state index in [1.54, 1.807) is 6.08 Å². The molecule has 0 aromatic rings. The zero-order valence-electron chi connectivity index (χ0n) is 5.07. The highest BCUT2D eigenvalue weighted by molar-refractivity contribution is 8.01. The lowest BCUT2D eigenvalue weighted by atomic mass is 10.3. The number of carbonyl (C=O) groups is 1. The minimum Gasteiger partial charge on any atom is -0.480 e. The van der Waals surface area contributed by atoms with E-state index >= 15 is 0 Å². The zero-order chi connectivity index (χ0) is 6.85. The molecule has 2 nitrogen and oxygen atoms in total. The quantitative estimate of drug-likeness (QED) is 0.560. The van der Waals surface area contributed by atoms with E-state index in [0.717, 1.165) is 0 Å². The Morgan fingerprint density at radius 1 is 1.67 bits per heavy atom. The van der Waals surface area contributed by atoms with Crippen LogP contribution in [-0.4, -0.2) is 21.6 Å². The second-order valence-electron chi connectivity index (χ2n) is 1.98. The Labute approximate surface area is 57.9 Å². The maximum absolute atomic E-state index is 10.3. The molecule has 0 saturated carbocycles. The fraction of sp³-hybridized carbons (Fsp3) is 0.500. The lowest BCUT2D eigenvalue weighted by molar-refractivity contribution is -0.135. The van der Waals surface area contributed by atoms with E-state index in [1.807, 2.05) is 13.0 Å². The van der Waals surface area contributed by atoms with Gasteiger partial charge in [0.2, 0.25) is 0 Å². The van der Waals surface area contributed by atoms with Gasteiger partial charge in [-0.15, -0.1) is 11.8 Å². The van der Waals surface area contributed by atoms with Crippen LogP contribution in [0.3, 0.4) is 0 Å². The van der Waals surface area contributed by atoms with E-state index in [4.69, 9.17) is 5.11 Å². The van der Waals surface area contributed by atoms with Gasteiger partial charge >= 0.3 is 5.97 Å². The molecule has 2 unspecified atom stereocenters. The predicted octanol–water partition coefficient (Wildman–Crippen LogP) is 1.13. The van der Waals surface area contributed by atoms with Gasteiger partial charge in [-0.25, -0.2) is 0 Å². The maximum Gasteiger partial charge on any atom is 0.320 e. The summed E-state index contributed by atoms with van der Waals surface area (Å²) in [5.41, 5.74) is 0. The van der Waals surface area contributed by atoms with Gasteiger partial charge in [-0.05, 0) is 6.92 Å². The molecule has 0 radical (unpaired) electrons. The van der Waals surface area contributed by atoms with Crippen LogP contribution in [0.5, 0.6) is 0 Å². The number of rotatable bonds is 1. The molecule has 9 heavy (non-hydrogen) atoms. The molecule has 0 aromatic heterocycles. The molecule has 50 valence electrons. The highest BCUT2D eigenvalue weighted by atomic mass is 32.2. The SMILES string of the molecule is CC1C=CC(C(=O)O)S1. The predicted molar refractivity (Wildman–Crippen MR) is 37.6 cm³/mol. The monoisotopic (exact) mass is 144 g/mol. The Hall–Kier alpha value is -0.440. The number of carboxylic acids is 1. The van der Waals surface area contributed by atoms with Crippen molar-refractivity contribution in [1.82, 2.24) is 0 Å². The summed E-state index contributed by atoms with van der Waals surface area (Å²) in [6.45, 7) is 1.99. The third kappa shape index (κ3) is 1.48. The summed E-state index contributed by atoms with van der Waals surface area (Å²) in [5, 5.41) is 8.52. The Kier molecular flexibility index (Phi) is 1.81. The summed E-state index contributed by atoms with van der Waals surface area (Å²) in [6.07, 6.45) is 3.65. The standard InChI is InChI=1S/C6H8O2S/c1-4-2-3-5(9-4)6(7)8/h2-5H,1H3,(H,7,8). The Bertz CT molecular complexity index is 153. The van der Waals surface area contributed by atoms with Crippen LogP contribution < -0.4 is 0 Å². The Morgan fingerprint density at radius 3 is 2.56 bits per heavy atom. The van der Waals surface area contributed by atoms with Crippen LogP contribution in [0.1, 0.15) is 6.92 Å². The van der Waals surface area contributed by atoms with Crippen molar-refractivity contribution in [3.8, 4) is 0 Å². The van der Waals surface area contributed by atoms with Crippen molar-refractivity contribution in [1.29, 1.82) is 0 Å². The molecule has 1 N–H and O–H groups in total. The van der Waals surface area contributed by atoms with Crippen LogP contribution in [0.4, 0.5) is 0 Å². The molecular formula is C6H8O2S. The molecule has 0 aliphatic carbocycles. The van der Waals surface area contributed by atoms with Crippen molar-refractivity contribution in [2.75, 3.05) is 0 Å². The first-order valence-electron chi connectivity index (χ1n) is 2.77. The molecule has 0 bridgehead atoms. The maximum atomic E-state index is 10.3. The topological polar surface area (TPSA) is 37.3 Å². The van der Waals surface area contributed by atoms with Gasteiger partial charge in [0.25, 0.3) is 0 Å². The molecule has 0 spiro atoms. The van der Waals surface area contributed by atoms with Gasteiger partial charge in [0, 0.05) is 5.25 Å². The van der Waals surface area contributed by atoms with Gasteiger partial charge in [-0.2, -0.15) is 0 Å². The fourth-order valence-electron chi connectivity index (χ4n) is 0.720. The second-order valence-corrected chi connectivity index (χ2v) is 3.51. The summed E-state index contributed by atoms with van der Waals surface area (Å²) >= 11 is 1.46. The van der Waals surface area contributed by atoms with Crippen molar-refractivity contribution in [3.63, 3.8) is 0 Å². The smallest absolute Gasteiger partial charge is 0.320 e. The second kappa shape index (κ2) is 2.43. The highest BCUT2D eigenvalue weighted by Crippen LogP contribution is 2.26. The van der Waals surface area contributed by atoms with E-state index in [1.165, 1.54) is 11.8 Å². The van der Waals surface area contributed by atoms with Gasteiger partial charge in [0.15, 0.2) is 0 Å². The molecule has 0 saturated heterocycles. The normalized spacial score (nSPS) is 33.0. The van der Waals surface area contributed by atoms with E-state index in [-0.39, 0.29) is 5.25 Å². The van der Waals surface area contributed by atoms with E-state index in [2.05, 4.69) is 0 Å². The van der Waals surface area contributed by atoms with Crippen molar-refractivity contribution >= 4 is 17.7 Å². The van der Waals surface area contributed by atoms with Crippen LogP contribution in [0.2, 0.25) is 0 Å². The molecule has 1 heterocycles. The minimum atomic E-state index is -0.736. The Morgan fingerprint density at radius 2 is 2.33 bits per heavy atom. The van der Waals surface area contributed by atoms with Crippen molar-refractivity contribution in [2.45, 2.75) is 17.4 Å². The summed E-state index contributed by atoms with van der Waals surface area (Å²) in [7, 11) is 0. The number of carboxylic acid groups (broad SMARTS) is 1. The first kappa shape index (κ1) is 6.68. The lowest BCUT2D eigenvalue weighted by Crippen LogP contribution is -2.11. The van der Waals surface area contributed by atoms with Gasteiger partial charge in [0.05, 0.1) is 0 Å². The fourth-order valence-corrected chi connectivity index (χ4v) is 1.66. The zero-order valence-corrected chi connectivity index (χ0v) is 5.89. The summed E-state index contributed by atoms with van der Waals surface area (Å²) in [6, 6.07) is 0. The van der Waals surface area contributed by atoms with Crippen LogP contribution in [-0.2, 0) is 4.79 Å². The Balaban J connectivity index is 2.50. The van der Waals surface area contributed by atoms with E-state index < -0.39 is 5.97 Å². The average Bonchev–Trinajstić information content (AvgIpc) is 2.14. The van der Waals surface area contributed by atoms with Gasteiger partial charge in [-0.1, -0.05) is 12.2 Å². The molecule has 0 amide bonds. The number of thioether (sulfide) groups is 1. The number of hydrogen-bond acceptors (Lipinski definition) is 2. The molecule has 1 rings (SSSR count). The van der Waals surface area contributed by atoms with Crippen molar-refractivity contribution in [3.05, 3.63) is 12.2 Å². The van der Waals surface area contributed by atoms with Gasteiger partial charge < -0.3 is 5.11 Å². The van der Waals surface area contributed by atoms with Crippen molar-refractivity contribution < 1.29 is 9.90 Å². The summed E-state index contributed by atoms with van der Waals surface area (Å²) in [5.74, 6) is -0.736. The van der Waals surface area contributed by atoms with Gasteiger partial charge in [-0.3, -0.25) is 4.79 Å². The highest BCUT2D eigenvalue weighted by Gasteiger charge is 2.21. The molecule has 1 aliphatic heterocycles. The van der Waals surface area contributed by atoms with Crippen LogP contribution >= 0.6 is 11.8 Å². The molecular weight excluding hydrogens is 136 g/mol. The number of hydrogen-bond donors (Lipinski definition) is 1. The third-order valence-electron chi connectivity index (χ3n) is 1.16. The summed E-state index contributed by atoms with van der Waals surface area (Å²) in [4.78, 5) is 10.3. The molecule has 0 fully saturated rings.